The van der Waals surface area contributed by atoms with Crippen molar-refractivity contribution in [1.82, 2.24) is 15.5 Å². The number of carbonyl (C=O) groups excluding carboxylic acids is 2. The number of aromatic nitrogens is 2. The Morgan fingerprint density at radius 3 is 2.50 bits per heavy atom. The number of hydrogen-bond acceptors (Lipinski definition) is 4. The lowest BCUT2D eigenvalue weighted by atomic mass is 9.93. The summed E-state index contributed by atoms with van der Waals surface area (Å²) in [5.74, 6) is -0.161. The number of nitrogens with zero attached hydrogens (tertiary/aromatic N) is 1. The molecule has 7 nitrogen and oxygen atoms in total. The molecule has 0 radical (unpaired) electrons. The number of anilines is 1. The van der Waals surface area contributed by atoms with E-state index in [1.54, 1.807) is 0 Å². The molecular formula is C15H24N4O3. The second-order valence-electron chi connectivity index (χ2n) is 5.84. The average Bonchev–Trinajstić information content (AvgIpc) is 2.78. The van der Waals surface area contributed by atoms with Gasteiger partial charge in [-0.2, -0.15) is 5.10 Å². The molecule has 0 spiro atoms. The van der Waals surface area contributed by atoms with Crippen LogP contribution in [-0.2, 0) is 14.3 Å². The maximum Gasteiger partial charge on any atom is 0.250 e. The van der Waals surface area contributed by atoms with E-state index >= 15 is 0 Å². The van der Waals surface area contributed by atoms with E-state index in [0.29, 0.717) is 0 Å². The first-order valence-electron chi connectivity index (χ1n) is 7.66. The molecule has 3 N–H and O–H groups in total. The predicted octanol–water partition coefficient (Wildman–Crippen LogP) is 1.43. The van der Waals surface area contributed by atoms with Crippen LogP contribution in [0.3, 0.4) is 0 Å². The summed E-state index contributed by atoms with van der Waals surface area (Å²) in [6, 6.07) is 0.238. The van der Waals surface area contributed by atoms with Crippen molar-refractivity contribution >= 4 is 17.5 Å². The third-order valence-corrected chi connectivity index (χ3v) is 3.92. The maximum atomic E-state index is 11.9. The lowest BCUT2D eigenvalue weighted by Gasteiger charge is -2.28. The van der Waals surface area contributed by atoms with Gasteiger partial charge in [-0.1, -0.05) is 0 Å². The van der Waals surface area contributed by atoms with Gasteiger partial charge in [0.2, 0.25) is 11.8 Å². The molecule has 1 aromatic heterocycles. The molecule has 2 amide bonds. The Hall–Kier alpha value is -1.89. The number of H-pyrrole nitrogens is 1. The van der Waals surface area contributed by atoms with Crippen molar-refractivity contribution in [2.24, 2.45) is 0 Å². The maximum absolute atomic E-state index is 11.9. The van der Waals surface area contributed by atoms with Gasteiger partial charge in [-0.25, -0.2) is 0 Å². The highest BCUT2D eigenvalue weighted by Crippen LogP contribution is 2.21. The lowest BCUT2D eigenvalue weighted by Crippen LogP contribution is -2.38. The first-order valence-corrected chi connectivity index (χ1v) is 7.66. The third-order valence-electron chi connectivity index (χ3n) is 3.92. The van der Waals surface area contributed by atoms with E-state index in [1.165, 1.54) is 6.92 Å². The van der Waals surface area contributed by atoms with Gasteiger partial charge in [-0.05, 0) is 39.5 Å². The number of nitrogens with one attached hydrogen (secondary N) is 3. The number of aromatic amines is 1. The molecule has 1 aliphatic rings. The third kappa shape index (κ3) is 4.56. The molecule has 1 saturated carbocycles. The highest BCUT2D eigenvalue weighted by molar-refractivity contribution is 5.92. The van der Waals surface area contributed by atoms with Gasteiger partial charge in [0.15, 0.2) is 0 Å². The van der Waals surface area contributed by atoms with Crippen LogP contribution in [0.25, 0.3) is 0 Å². The largest absolute Gasteiger partial charge is 0.368 e. The quantitative estimate of drug-likeness (QED) is 0.766. The van der Waals surface area contributed by atoms with Crippen molar-refractivity contribution in [2.75, 3.05) is 11.9 Å². The Morgan fingerprint density at radius 1 is 1.27 bits per heavy atom. The molecule has 22 heavy (non-hydrogen) atoms. The van der Waals surface area contributed by atoms with Crippen LogP contribution in [0.5, 0.6) is 0 Å². The van der Waals surface area contributed by atoms with E-state index in [2.05, 4.69) is 20.8 Å². The summed E-state index contributed by atoms with van der Waals surface area (Å²) >= 11 is 0. The van der Waals surface area contributed by atoms with E-state index in [9.17, 15) is 9.59 Å². The van der Waals surface area contributed by atoms with E-state index in [0.717, 1.165) is 42.8 Å². The molecule has 2 rings (SSSR count). The van der Waals surface area contributed by atoms with Crippen molar-refractivity contribution < 1.29 is 14.3 Å². The number of rotatable bonds is 5. The van der Waals surface area contributed by atoms with Crippen molar-refractivity contribution in [3.05, 3.63) is 11.4 Å². The highest BCUT2D eigenvalue weighted by atomic mass is 16.5. The summed E-state index contributed by atoms with van der Waals surface area (Å²) in [4.78, 5) is 22.9. The number of aryl methyl sites for hydroxylation is 2. The van der Waals surface area contributed by atoms with Crippen LogP contribution < -0.4 is 10.6 Å². The molecule has 1 heterocycles. The zero-order chi connectivity index (χ0) is 16.1. The normalized spacial score (nSPS) is 21.4. The van der Waals surface area contributed by atoms with Gasteiger partial charge in [0.05, 0.1) is 23.2 Å². The molecule has 7 heteroatoms. The first kappa shape index (κ1) is 16.5. The topological polar surface area (TPSA) is 96.1 Å². The van der Waals surface area contributed by atoms with Gasteiger partial charge in [0.1, 0.15) is 6.61 Å². The fourth-order valence-electron chi connectivity index (χ4n) is 2.77. The van der Waals surface area contributed by atoms with Crippen LogP contribution in [0.1, 0.15) is 44.0 Å². The van der Waals surface area contributed by atoms with Gasteiger partial charge in [-0.3, -0.25) is 14.7 Å². The number of carbonyl (C=O) groups is 2. The number of ether oxygens (including phenoxy) is 1. The van der Waals surface area contributed by atoms with E-state index in [4.69, 9.17) is 4.74 Å². The summed E-state index contributed by atoms with van der Waals surface area (Å²) in [5.41, 5.74) is 2.33. The summed E-state index contributed by atoms with van der Waals surface area (Å²) in [6.45, 7) is 5.27. The van der Waals surface area contributed by atoms with E-state index in [-0.39, 0.29) is 30.6 Å². The first-order chi connectivity index (χ1) is 10.5. The van der Waals surface area contributed by atoms with E-state index in [1.807, 2.05) is 13.8 Å². The molecule has 0 atom stereocenters. The predicted molar refractivity (Wildman–Crippen MR) is 82.5 cm³/mol. The zero-order valence-electron chi connectivity index (χ0n) is 13.4. The molecule has 0 bridgehead atoms. The molecule has 0 saturated heterocycles. The molecular weight excluding hydrogens is 284 g/mol. The lowest BCUT2D eigenvalue weighted by molar-refractivity contribution is -0.123. The van der Waals surface area contributed by atoms with Crippen LogP contribution >= 0.6 is 0 Å². The van der Waals surface area contributed by atoms with Gasteiger partial charge >= 0.3 is 0 Å². The van der Waals surface area contributed by atoms with Gasteiger partial charge in [-0.15, -0.1) is 0 Å². The number of amides is 2. The summed E-state index contributed by atoms with van der Waals surface area (Å²) in [7, 11) is 0. The molecule has 0 unspecified atom stereocenters. The fraction of sp³-hybridized carbons (Fsp3) is 0.667. The molecule has 1 aliphatic carbocycles. The van der Waals surface area contributed by atoms with Crippen LogP contribution in [-0.4, -0.2) is 40.8 Å². The zero-order valence-corrected chi connectivity index (χ0v) is 13.4. The van der Waals surface area contributed by atoms with Crippen molar-refractivity contribution in [1.29, 1.82) is 0 Å². The molecule has 122 valence electrons. The average molecular weight is 308 g/mol. The van der Waals surface area contributed by atoms with Crippen LogP contribution in [0.15, 0.2) is 0 Å². The second-order valence-corrected chi connectivity index (χ2v) is 5.84. The summed E-state index contributed by atoms with van der Waals surface area (Å²) in [5, 5.41) is 12.6. The monoisotopic (exact) mass is 308 g/mol. The van der Waals surface area contributed by atoms with Gasteiger partial charge in [0, 0.05) is 13.0 Å². The second kappa shape index (κ2) is 7.40. The molecule has 0 aromatic carbocycles. The van der Waals surface area contributed by atoms with Gasteiger partial charge < -0.3 is 15.4 Å². The Balaban J connectivity index is 1.70. The minimum atomic E-state index is -0.170. The molecule has 1 aromatic rings. The smallest absolute Gasteiger partial charge is 0.250 e. The van der Waals surface area contributed by atoms with Crippen LogP contribution in [0.2, 0.25) is 0 Å². The minimum absolute atomic E-state index is 0.00889. The van der Waals surface area contributed by atoms with Crippen molar-refractivity contribution in [3.8, 4) is 0 Å². The molecule has 1 fully saturated rings. The highest BCUT2D eigenvalue weighted by Gasteiger charge is 2.22. The Bertz CT molecular complexity index is 513. The van der Waals surface area contributed by atoms with Crippen molar-refractivity contribution in [3.63, 3.8) is 0 Å². The minimum Gasteiger partial charge on any atom is -0.368 e. The summed E-state index contributed by atoms with van der Waals surface area (Å²) in [6.07, 6.45) is 3.60. The summed E-state index contributed by atoms with van der Waals surface area (Å²) < 4.78 is 5.67. The Labute approximate surface area is 130 Å². The fourth-order valence-corrected chi connectivity index (χ4v) is 2.77. The Morgan fingerprint density at radius 2 is 1.95 bits per heavy atom. The van der Waals surface area contributed by atoms with E-state index < -0.39 is 0 Å². The number of hydrogen-bond donors (Lipinski definition) is 3. The molecule has 0 aliphatic heterocycles. The van der Waals surface area contributed by atoms with Crippen LogP contribution in [0.4, 0.5) is 5.69 Å². The van der Waals surface area contributed by atoms with Crippen molar-refractivity contribution in [2.45, 2.75) is 58.6 Å². The van der Waals surface area contributed by atoms with Crippen LogP contribution in [0, 0.1) is 13.8 Å². The SMILES string of the molecule is CC(=O)NC1CCC(OCC(=O)Nc2c(C)n[nH]c2C)CC1. The standard InChI is InChI=1S/C15H24N4O3/c1-9-15(10(2)19-18-9)17-14(21)8-22-13-6-4-12(5-7-13)16-11(3)20/h12-13H,4-8H2,1-3H3,(H,16,20)(H,17,21)(H,18,19). The van der Waals surface area contributed by atoms with Gasteiger partial charge in [0.25, 0.3) is 0 Å². The Kier molecular flexibility index (Phi) is 5.54.